The highest BCUT2D eigenvalue weighted by atomic mass is 16.5. The summed E-state index contributed by atoms with van der Waals surface area (Å²) in [5, 5.41) is 5.53. The first-order valence-electron chi connectivity index (χ1n) is 9.01. The van der Waals surface area contributed by atoms with Crippen LogP contribution in [0.1, 0.15) is 35.3 Å². The molecule has 1 fully saturated rings. The van der Waals surface area contributed by atoms with Gasteiger partial charge in [-0.05, 0) is 24.8 Å². The van der Waals surface area contributed by atoms with Crippen LogP contribution in [0.2, 0.25) is 0 Å². The van der Waals surface area contributed by atoms with Gasteiger partial charge in [-0.1, -0.05) is 30.3 Å². The number of nitrogens with zero attached hydrogens (tertiary/aromatic N) is 1. The highest BCUT2D eigenvalue weighted by molar-refractivity contribution is 5.98. The van der Waals surface area contributed by atoms with E-state index in [1.165, 1.54) is 16.8 Å². The molecule has 1 saturated heterocycles. The van der Waals surface area contributed by atoms with E-state index in [0.717, 1.165) is 18.4 Å². The van der Waals surface area contributed by atoms with Gasteiger partial charge in [-0.15, -0.1) is 0 Å². The molecule has 1 aliphatic rings. The number of pyridine rings is 1. The Morgan fingerprint density at radius 3 is 2.78 bits per heavy atom. The van der Waals surface area contributed by atoms with Gasteiger partial charge in [0.1, 0.15) is 12.6 Å². The predicted molar refractivity (Wildman–Crippen MR) is 101 cm³/mol. The monoisotopic (exact) mass is 369 g/mol. The van der Waals surface area contributed by atoms with Crippen LogP contribution in [-0.2, 0) is 18.4 Å². The molecule has 1 atom stereocenters. The van der Waals surface area contributed by atoms with E-state index >= 15 is 0 Å². The van der Waals surface area contributed by atoms with Crippen molar-refractivity contribution in [2.45, 2.75) is 31.9 Å². The number of benzene rings is 1. The maximum absolute atomic E-state index is 12.8. The molecule has 1 aromatic heterocycles. The average molecular weight is 369 g/mol. The average Bonchev–Trinajstić information content (AvgIpc) is 2.87. The number of hydrogen-bond acceptors (Lipinski definition) is 4. The summed E-state index contributed by atoms with van der Waals surface area (Å²) in [5.74, 6) is -0.718. The number of aryl methyl sites for hydroxylation is 1. The number of hydrogen-bond donors (Lipinski definition) is 2. The van der Waals surface area contributed by atoms with Crippen LogP contribution in [0, 0.1) is 0 Å². The van der Waals surface area contributed by atoms with E-state index in [-0.39, 0.29) is 29.4 Å². The molecule has 2 N–H and O–H groups in total. The molecular formula is C20H23N3O4. The lowest BCUT2D eigenvalue weighted by Gasteiger charge is -2.18. The van der Waals surface area contributed by atoms with Crippen molar-refractivity contribution in [1.29, 1.82) is 0 Å². The zero-order valence-corrected chi connectivity index (χ0v) is 15.2. The quantitative estimate of drug-likeness (QED) is 0.833. The molecule has 2 aromatic rings. The molecule has 1 aliphatic heterocycles. The van der Waals surface area contributed by atoms with Crippen molar-refractivity contribution in [3.63, 3.8) is 0 Å². The minimum atomic E-state index is -0.614. The molecule has 27 heavy (non-hydrogen) atoms. The fourth-order valence-corrected chi connectivity index (χ4v) is 3.04. The lowest BCUT2D eigenvalue weighted by atomic mass is 10.1. The van der Waals surface area contributed by atoms with Gasteiger partial charge >= 0.3 is 0 Å². The summed E-state index contributed by atoms with van der Waals surface area (Å²) in [4.78, 5) is 37.3. The minimum Gasteiger partial charge on any atom is -0.483 e. The van der Waals surface area contributed by atoms with Crippen molar-refractivity contribution < 1.29 is 14.3 Å². The van der Waals surface area contributed by atoms with Gasteiger partial charge in [0.25, 0.3) is 5.91 Å². The fraction of sp³-hybridized carbons (Fsp3) is 0.350. The van der Waals surface area contributed by atoms with Gasteiger partial charge in [-0.25, -0.2) is 0 Å². The molecule has 1 aromatic carbocycles. The highest BCUT2D eigenvalue weighted by Crippen LogP contribution is 2.16. The zero-order chi connectivity index (χ0) is 19.2. The van der Waals surface area contributed by atoms with Crippen molar-refractivity contribution in [1.82, 2.24) is 15.2 Å². The van der Waals surface area contributed by atoms with Crippen LogP contribution >= 0.6 is 0 Å². The van der Waals surface area contributed by atoms with E-state index in [1.807, 2.05) is 30.3 Å². The van der Waals surface area contributed by atoms with Crippen LogP contribution in [0.15, 0.2) is 47.4 Å². The Hall–Kier alpha value is -3.09. The summed E-state index contributed by atoms with van der Waals surface area (Å²) in [6.45, 7) is 0.782. The molecule has 2 amide bonds. The number of aromatic nitrogens is 1. The van der Waals surface area contributed by atoms with E-state index < -0.39 is 11.9 Å². The van der Waals surface area contributed by atoms with Crippen LogP contribution in [0.3, 0.4) is 0 Å². The van der Waals surface area contributed by atoms with Gasteiger partial charge in [-0.2, -0.15) is 0 Å². The van der Waals surface area contributed by atoms with Gasteiger partial charge in [0.15, 0.2) is 11.4 Å². The molecule has 7 nitrogen and oxygen atoms in total. The Morgan fingerprint density at radius 2 is 2.00 bits per heavy atom. The largest absolute Gasteiger partial charge is 0.483 e. The highest BCUT2D eigenvalue weighted by Gasteiger charge is 2.26. The molecule has 0 spiro atoms. The second-order valence-corrected chi connectivity index (χ2v) is 6.56. The minimum absolute atomic E-state index is 0.0182. The van der Waals surface area contributed by atoms with Gasteiger partial charge in [0.05, 0.1) is 0 Å². The number of carbonyl (C=O) groups excluding carboxylic acids is 2. The third-order valence-electron chi connectivity index (χ3n) is 4.52. The van der Waals surface area contributed by atoms with E-state index in [2.05, 4.69) is 10.6 Å². The maximum Gasteiger partial charge on any atom is 0.272 e. The van der Waals surface area contributed by atoms with Crippen molar-refractivity contribution >= 4 is 11.8 Å². The Balaban J connectivity index is 1.83. The molecule has 0 bridgehead atoms. The molecule has 0 radical (unpaired) electrons. The summed E-state index contributed by atoms with van der Waals surface area (Å²) < 4.78 is 7.24. The normalized spacial score (nSPS) is 16.9. The van der Waals surface area contributed by atoms with Crippen LogP contribution in [0.25, 0.3) is 0 Å². The lowest BCUT2D eigenvalue weighted by molar-refractivity contribution is -0.122. The molecule has 1 unspecified atom stereocenters. The topological polar surface area (TPSA) is 89.4 Å². The summed E-state index contributed by atoms with van der Waals surface area (Å²) in [5.41, 5.74) is 0.618. The van der Waals surface area contributed by atoms with Crippen molar-refractivity contribution in [3.8, 4) is 5.75 Å². The number of ether oxygens (including phenoxy) is 1. The van der Waals surface area contributed by atoms with Crippen LogP contribution < -0.4 is 20.8 Å². The van der Waals surface area contributed by atoms with Crippen molar-refractivity contribution in [3.05, 3.63) is 64.1 Å². The van der Waals surface area contributed by atoms with Crippen molar-refractivity contribution in [2.75, 3.05) is 6.54 Å². The molecule has 7 heteroatoms. The standard InChI is InChI=1S/C20H23N3O4/c1-23-12-10-16(24)18(27-13-14-7-3-2-4-8-14)17(23)20(26)22-15-9-5-6-11-21-19(15)25/h2-4,7-8,10,12,15H,5-6,9,11,13H2,1H3,(H,21,25)(H,22,26). The first-order valence-corrected chi connectivity index (χ1v) is 9.01. The number of rotatable bonds is 5. The Morgan fingerprint density at radius 1 is 1.22 bits per heavy atom. The van der Waals surface area contributed by atoms with Crippen molar-refractivity contribution in [2.24, 2.45) is 7.05 Å². The second kappa shape index (κ2) is 8.53. The van der Waals surface area contributed by atoms with E-state index in [9.17, 15) is 14.4 Å². The lowest BCUT2D eigenvalue weighted by Crippen LogP contribution is -2.46. The third kappa shape index (κ3) is 4.55. The Kier molecular flexibility index (Phi) is 5.90. The number of nitrogens with one attached hydrogen (secondary N) is 2. The summed E-state index contributed by atoms with van der Waals surface area (Å²) >= 11 is 0. The summed E-state index contributed by atoms with van der Waals surface area (Å²) in [7, 11) is 1.66. The molecule has 2 heterocycles. The molecule has 0 aliphatic carbocycles. The summed E-state index contributed by atoms with van der Waals surface area (Å²) in [6.07, 6.45) is 3.81. The Labute approximate surface area is 157 Å². The zero-order valence-electron chi connectivity index (χ0n) is 15.2. The van der Waals surface area contributed by atoms with Crippen LogP contribution in [-0.4, -0.2) is 29.0 Å². The number of carbonyl (C=O) groups is 2. The van der Waals surface area contributed by atoms with E-state index in [1.54, 1.807) is 7.05 Å². The molecule has 3 rings (SSSR count). The van der Waals surface area contributed by atoms with E-state index in [4.69, 9.17) is 4.74 Å². The molecule has 142 valence electrons. The maximum atomic E-state index is 12.8. The van der Waals surface area contributed by atoms with Crippen LogP contribution in [0.5, 0.6) is 5.75 Å². The van der Waals surface area contributed by atoms with Gasteiger partial charge in [-0.3, -0.25) is 14.4 Å². The number of amides is 2. The van der Waals surface area contributed by atoms with Gasteiger partial charge < -0.3 is 19.9 Å². The first kappa shape index (κ1) is 18.7. The van der Waals surface area contributed by atoms with Gasteiger partial charge in [0.2, 0.25) is 11.3 Å². The van der Waals surface area contributed by atoms with Gasteiger partial charge in [0, 0.05) is 25.9 Å². The molecule has 0 saturated carbocycles. The Bertz CT molecular complexity index is 877. The van der Waals surface area contributed by atoms with Crippen LogP contribution in [0.4, 0.5) is 0 Å². The third-order valence-corrected chi connectivity index (χ3v) is 4.52. The SMILES string of the molecule is Cn1ccc(=O)c(OCc2ccccc2)c1C(=O)NC1CCCCNC1=O. The molecular weight excluding hydrogens is 346 g/mol. The predicted octanol–water partition coefficient (Wildman–Crippen LogP) is 1.36. The van der Waals surface area contributed by atoms with E-state index in [0.29, 0.717) is 13.0 Å². The first-order chi connectivity index (χ1) is 13.1. The fourth-order valence-electron chi connectivity index (χ4n) is 3.04. The smallest absolute Gasteiger partial charge is 0.272 e. The summed E-state index contributed by atoms with van der Waals surface area (Å²) in [6, 6.07) is 10.1. The second-order valence-electron chi connectivity index (χ2n) is 6.56.